The molecule has 2 nitrogen and oxygen atoms in total. The predicted molar refractivity (Wildman–Crippen MR) is 64.2 cm³/mol. The van der Waals surface area contributed by atoms with Crippen LogP contribution in [0.3, 0.4) is 0 Å². The third-order valence-corrected chi connectivity index (χ3v) is 4.75. The molecule has 0 aromatic heterocycles. The van der Waals surface area contributed by atoms with Crippen LogP contribution in [-0.2, 0) is 4.79 Å². The lowest BCUT2D eigenvalue weighted by atomic mass is 9.62. The van der Waals surface area contributed by atoms with Gasteiger partial charge in [-0.05, 0) is 44.4 Å². The number of carbonyl (C=O) groups excluding carboxylic acids is 1. The predicted octanol–water partition coefficient (Wildman–Crippen LogP) is 3.08. The number of Topliss-reactive ketones (excluding diaryl/α,β-unsaturated/α-hetero) is 1. The molecule has 0 aliphatic heterocycles. The quantitative estimate of drug-likeness (QED) is 0.800. The van der Waals surface area contributed by atoms with Gasteiger partial charge in [-0.2, -0.15) is 0 Å². The number of carbonyl (C=O) groups is 1. The van der Waals surface area contributed by atoms with E-state index >= 15 is 0 Å². The van der Waals surface area contributed by atoms with Crippen LogP contribution in [0.1, 0.15) is 64.7 Å². The highest BCUT2D eigenvalue weighted by Crippen LogP contribution is 2.52. The highest BCUT2D eigenvalue weighted by atomic mass is 16.3. The van der Waals surface area contributed by atoms with Crippen LogP contribution >= 0.6 is 0 Å². The molecule has 0 aromatic rings. The third kappa shape index (κ3) is 1.92. The molecule has 0 heterocycles. The normalized spacial score (nSPS) is 39.5. The largest absolute Gasteiger partial charge is 0.393 e. The maximum absolute atomic E-state index is 12.2. The highest BCUT2D eigenvalue weighted by molar-refractivity contribution is 5.87. The summed E-state index contributed by atoms with van der Waals surface area (Å²) in [6, 6.07) is 0. The van der Waals surface area contributed by atoms with Crippen molar-refractivity contribution in [3.05, 3.63) is 0 Å². The van der Waals surface area contributed by atoms with Gasteiger partial charge in [0.15, 0.2) is 0 Å². The first kappa shape index (κ1) is 12.1. The summed E-state index contributed by atoms with van der Waals surface area (Å²) in [5.74, 6) is 0.712. The average Bonchev–Trinajstić information content (AvgIpc) is 2.61. The van der Waals surface area contributed by atoms with Gasteiger partial charge in [0.1, 0.15) is 5.78 Å². The van der Waals surface area contributed by atoms with E-state index in [1.54, 1.807) is 0 Å². The summed E-state index contributed by atoms with van der Waals surface area (Å²) in [5, 5.41) is 10.2. The Morgan fingerprint density at radius 1 is 1.38 bits per heavy atom. The zero-order valence-electron chi connectivity index (χ0n) is 10.4. The number of hydrogen-bond donors (Lipinski definition) is 1. The molecule has 1 spiro atoms. The molecule has 0 radical (unpaired) electrons. The van der Waals surface area contributed by atoms with E-state index in [0.717, 1.165) is 57.8 Å². The summed E-state index contributed by atoms with van der Waals surface area (Å²) in [6.45, 7) is 2.18. The minimum Gasteiger partial charge on any atom is -0.393 e. The summed E-state index contributed by atoms with van der Waals surface area (Å²) in [7, 11) is 0. The summed E-state index contributed by atoms with van der Waals surface area (Å²) >= 11 is 0. The third-order valence-electron chi connectivity index (χ3n) is 4.75. The molecule has 2 rings (SSSR count). The maximum Gasteiger partial charge on any atom is 0.139 e. The van der Waals surface area contributed by atoms with Crippen LogP contribution in [0.15, 0.2) is 0 Å². The zero-order chi connectivity index (χ0) is 11.6. The van der Waals surface area contributed by atoms with Gasteiger partial charge in [0.25, 0.3) is 0 Å². The van der Waals surface area contributed by atoms with Crippen molar-refractivity contribution in [1.29, 1.82) is 0 Å². The average molecular weight is 224 g/mol. The molecule has 0 bridgehead atoms. The molecule has 0 unspecified atom stereocenters. The summed E-state index contributed by atoms with van der Waals surface area (Å²) in [4.78, 5) is 12.2. The van der Waals surface area contributed by atoms with Crippen molar-refractivity contribution < 1.29 is 9.90 Å². The van der Waals surface area contributed by atoms with Gasteiger partial charge in [-0.3, -0.25) is 4.79 Å². The molecule has 2 aliphatic rings. The molecule has 2 heteroatoms. The van der Waals surface area contributed by atoms with Gasteiger partial charge in [-0.1, -0.05) is 19.8 Å². The number of rotatable bonds is 3. The Kier molecular flexibility index (Phi) is 3.68. The first-order valence-electron chi connectivity index (χ1n) is 6.92. The monoisotopic (exact) mass is 224 g/mol. The topological polar surface area (TPSA) is 37.3 Å². The van der Waals surface area contributed by atoms with Crippen molar-refractivity contribution in [2.75, 3.05) is 0 Å². The van der Waals surface area contributed by atoms with Gasteiger partial charge in [-0.25, -0.2) is 0 Å². The van der Waals surface area contributed by atoms with Crippen molar-refractivity contribution in [3.8, 4) is 0 Å². The molecule has 2 aliphatic carbocycles. The van der Waals surface area contributed by atoms with Gasteiger partial charge < -0.3 is 5.11 Å². The molecule has 1 N–H and O–H groups in total. The SMILES string of the molecule is CCCC[C@@H]1[C@@H](O)CCC[C@]12CCCC2=O. The van der Waals surface area contributed by atoms with E-state index in [1.807, 2.05) is 0 Å². The fraction of sp³-hybridized carbons (Fsp3) is 0.929. The van der Waals surface area contributed by atoms with Crippen molar-refractivity contribution >= 4 is 5.78 Å². The Morgan fingerprint density at radius 3 is 2.75 bits per heavy atom. The van der Waals surface area contributed by atoms with Crippen LogP contribution in [-0.4, -0.2) is 17.0 Å². The summed E-state index contributed by atoms with van der Waals surface area (Å²) < 4.78 is 0. The van der Waals surface area contributed by atoms with Gasteiger partial charge in [0.2, 0.25) is 0 Å². The van der Waals surface area contributed by atoms with Crippen molar-refractivity contribution in [1.82, 2.24) is 0 Å². The van der Waals surface area contributed by atoms with Gasteiger partial charge in [-0.15, -0.1) is 0 Å². The molecule has 0 amide bonds. The Hall–Kier alpha value is -0.370. The highest BCUT2D eigenvalue weighted by Gasteiger charge is 2.51. The van der Waals surface area contributed by atoms with Crippen LogP contribution in [0.5, 0.6) is 0 Å². The van der Waals surface area contributed by atoms with Gasteiger partial charge >= 0.3 is 0 Å². The van der Waals surface area contributed by atoms with E-state index in [2.05, 4.69) is 6.92 Å². The zero-order valence-corrected chi connectivity index (χ0v) is 10.4. The van der Waals surface area contributed by atoms with E-state index < -0.39 is 0 Å². The minimum absolute atomic E-state index is 0.118. The molecular formula is C14H24O2. The molecule has 2 fully saturated rings. The Labute approximate surface area is 98.4 Å². The number of aliphatic hydroxyl groups excluding tert-OH is 1. The van der Waals surface area contributed by atoms with E-state index in [4.69, 9.17) is 0 Å². The fourth-order valence-corrected chi connectivity index (χ4v) is 3.88. The number of aliphatic hydroxyl groups is 1. The van der Waals surface area contributed by atoms with E-state index in [-0.39, 0.29) is 17.4 Å². The van der Waals surface area contributed by atoms with E-state index in [0.29, 0.717) is 5.78 Å². The second-order valence-corrected chi connectivity index (χ2v) is 5.64. The van der Waals surface area contributed by atoms with Crippen molar-refractivity contribution in [2.45, 2.75) is 70.8 Å². The van der Waals surface area contributed by atoms with Crippen LogP contribution in [0.4, 0.5) is 0 Å². The van der Waals surface area contributed by atoms with E-state index in [9.17, 15) is 9.90 Å². The van der Waals surface area contributed by atoms with E-state index in [1.165, 1.54) is 0 Å². The second-order valence-electron chi connectivity index (χ2n) is 5.64. The molecule has 92 valence electrons. The maximum atomic E-state index is 12.2. The lowest BCUT2D eigenvalue weighted by Gasteiger charge is -2.43. The number of ketones is 1. The summed E-state index contributed by atoms with van der Waals surface area (Å²) in [6.07, 6.45) is 8.97. The van der Waals surface area contributed by atoms with Crippen LogP contribution < -0.4 is 0 Å². The first-order chi connectivity index (χ1) is 7.70. The number of hydrogen-bond acceptors (Lipinski definition) is 2. The van der Waals surface area contributed by atoms with Gasteiger partial charge in [0.05, 0.1) is 6.10 Å². The lowest BCUT2D eigenvalue weighted by molar-refractivity contribution is -0.136. The molecule has 3 atom stereocenters. The fourth-order valence-electron chi connectivity index (χ4n) is 3.88. The van der Waals surface area contributed by atoms with Crippen LogP contribution in [0.2, 0.25) is 0 Å². The second kappa shape index (κ2) is 4.87. The number of unbranched alkanes of at least 4 members (excludes halogenated alkanes) is 1. The minimum atomic E-state index is -0.220. The first-order valence-corrected chi connectivity index (χ1v) is 6.92. The van der Waals surface area contributed by atoms with Crippen LogP contribution in [0, 0.1) is 11.3 Å². The molecule has 2 saturated carbocycles. The summed E-state index contributed by atoms with van der Waals surface area (Å²) in [5.41, 5.74) is -0.118. The molecule has 0 aromatic carbocycles. The Bertz CT molecular complexity index is 261. The van der Waals surface area contributed by atoms with Crippen molar-refractivity contribution in [3.63, 3.8) is 0 Å². The molecule has 16 heavy (non-hydrogen) atoms. The van der Waals surface area contributed by atoms with Crippen molar-refractivity contribution in [2.24, 2.45) is 11.3 Å². The van der Waals surface area contributed by atoms with Gasteiger partial charge in [0, 0.05) is 11.8 Å². The lowest BCUT2D eigenvalue weighted by Crippen LogP contribution is -2.44. The molecular weight excluding hydrogens is 200 g/mol. The standard InChI is InChI=1S/C14H24O2/c1-2-3-6-11-12(15)7-4-9-14(11)10-5-8-13(14)16/h11-12,15H,2-10H2,1H3/t11-,12+,14+/m1/s1. The Balaban J connectivity index is 2.15. The Morgan fingerprint density at radius 2 is 2.12 bits per heavy atom. The smallest absolute Gasteiger partial charge is 0.139 e. The molecule has 0 saturated heterocycles. The van der Waals surface area contributed by atoms with Crippen LogP contribution in [0.25, 0.3) is 0 Å².